The number of rotatable bonds is 3. The molecule has 1 nitrogen and oxygen atoms in total. The average Bonchev–Trinajstić information content (AvgIpc) is 2.81. The molecule has 0 spiro atoms. The van der Waals surface area contributed by atoms with Crippen molar-refractivity contribution in [2.24, 2.45) is 5.92 Å². The fraction of sp³-hybridized carbons (Fsp3) is 0.500. The van der Waals surface area contributed by atoms with Crippen LogP contribution in [0.15, 0.2) is 30.3 Å². The number of fused-ring (bicyclic) bond motifs is 1. The zero-order valence-electron chi connectivity index (χ0n) is 10.8. The predicted molar refractivity (Wildman–Crippen MR) is 80.2 cm³/mol. The molecule has 3 rings (SSSR count). The molecule has 0 aromatic heterocycles. The number of piperidine rings is 1. The summed E-state index contributed by atoms with van der Waals surface area (Å²) in [5.74, 6) is 0.949. The Morgan fingerprint density at radius 3 is 2.72 bits per heavy atom. The average molecular weight is 264 g/mol. The zero-order valence-corrected chi connectivity index (χ0v) is 11.6. The van der Waals surface area contributed by atoms with Crippen LogP contribution in [0.3, 0.4) is 0 Å². The highest BCUT2D eigenvalue weighted by Gasteiger charge is 2.16. The quantitative estimate of drug-likeness (QED) is 0.874. The third-order valence-electron chi connectivity index (χ3n) is 4.21. The molecule has 0 saturated carbocycles. The summed E-state index contributed by atoms with van der Waals surface area (Å²) in [4.78, 5) is 0. The van der Waals surface area contributed by atoms with Gasteiger partial charge in [0, 0.05) is 0 Å². The molecule has 1 aliphatic carbocycles. The molecule has 0 amide bonds. The largest absolute Gasteiger partial charge is 0.317 e. The summed E-state index contributed by atoms with van der Waals surface area (Å²) in [5.41, 5.74) is 4.63. The van der Waals surface area contributed by atoms with Gasteiger partial charge in [-0.15, -0.1) is 12.4 Å². The van der Waals surface area contributed by atoms with Crippen molar-refractivity contribution in [2.75, 3.05) is 13.1 Å². The second kappa shape index (κ2) is 6.40. The van der Waals surface area contributed by atoms with E-state index in [4.69, 9.17) is 0 Å². The first-order valence-electron chi connectivity index (χ1n) is 6.91. The minimum absolute atomic E-state index is 0. The van der Waals surface area contributed by atoms with Gasteiger partial charge in [0.25, 0.3) is 0 Å². The Morgan fingerprint density at radius 1 is 1.11 bits per heavy atom. The minimum Gasteiger partial charge on any atom is -0.317 e. The zero-order chi connectivity index (χ0) is 11.5. The molecular weight excluding hydrogens is 242 g/mol. The molecule has 1 aromatic carbocycles. The lowest BCUT2D eigenvalue weighted by atomic mass is 9.90. The normalized spacial score (nSPS) is 19.0. The first-order valence-corrected chi connectivity index (χ1v) is 6.91. The van der Waals surface area contributed by atoms with Gasteiger partial charge in [-0.2, -0.15) is 0 Å². The van der Waals surface area contributed by atoms with Crippen LogP contribution in [0.1, 0.15) is 36.8 Å². The second-order valence-electron chi connectivity index (χ2n) is 5.32. The van der Waals surface area contributed by atoms with Crippen LogP contribution in [0.2, 0.25) is 0 Å². The van der Waals surface area contributed by atoms with Gasteiger partial charge < -0.3 is 5.32 Å². The number of hydrogen-bond acceptors (Lipinski definition) is 1. The number of halogens is 1. The van der Waals surface area contributed by atoms with Gasteiger partial charge in [0.2, 0.25) is 0 Å². The van der Waals surface area contributed by atoms with Crippen LogP contribution in [0.4, 0.5) is 0 Å². The van der Waals surface area contributed by atoms with E-state index in [9.17, 15) is 0 Å². The summed E-state index contributed by atoms with van der Waals surface area (Å²) in [6.45, 7) is 2.45. The lowest BCUT2D eigenvalue weighted by molar-refractivity contribution is 0.357. The highest BCUT2D eigenvalue weighted by Crippen LogP contribution is 2.32. The van der Waals surface area contributed by atoms with E-state index in [2.05, 4.69) is 35.7 Å². The van der Waals surface area contributed by atoms with Crippen molar-refractivity contribution in [2.45, 2.75) is 32.1 Å². The lowest BCUT2D eigenvalue weighted by Crippen LogP contribution is -2.27. The Bertz CT molecular complexity index is 419. The lowest BCUT2D eigenvalue weighted by Gasteiger charge is -2.22. The molecule has 1 aromatic rings. The Morgan fingerprint density at radius 2 is 1.89 bits per heavy atom. The maximum atomic E-state index is 3.44. The molecule has 1 saturated heterocycles. The predicted octanol–water partition coefficient (Wildman–Crippen LogP) is 3.83. The molecule has 0 atom stereocenters. The molecule has 1 N–H and O–H groups in total. The van der Waals surface area contributed by atoms with Crippen LogP contribution in [-0.2, 0) is 6.42 Å². The SMILES string of the molecule is C1=C(CCC2CCNCC2)c2ccccc2C1.Cl. The van der Waals surface area contributed by atoms with Gasteiger partial charge in [0.15, 0.2) is 0 Å². The van der Waals surface area contributed by atoms with Gasteiger partial charge >= 0.3 is 0 Å². The van der Waals surface area contributed by atoms with E-state index in [1.165, 1.54) is 49.9 Å². The number of nitrogens with one attached hydrogen (secondary N) is 1. The Labute approximate surface area is 116 Å². The van der Waals surface area contributed by atoms with Crippen LogP contribution >= 0.6 is 12.4 Å². The molecule has 0 bridgehead atoms. The van der Waals surface area contributed by atoms with Crippen molar-refractivity contribution >= 4 is 18.0 Å². The number of hydrogen-bond donors (Lipinski definition) is 1. The van der Waals surface area contributed by atoms with Crippen molar-refractivity contribution < 1.29 is 0 Å². The fourth-order valence-electron chi connectivity index (χ4n) is 3.12. The summed E-state index contributed by atoms with van der Waals surface area (Å²) >= 11 is 0. The van der Waals surface area contributed by atoms with Crippen LogP contribution in [0.25, 0.3) is 5.57 Å². The summed E-state index contributed by atoms with van der Waals surface area (Å²) in [7, 11) is 0. The summed E-state index contributed by atoms with van der Waals surface area (Å²) in [5, 5.41) is 3.44. The Balaban J connectivity index is 0.00000120. The summed E-state index contributed by atoms with van der Waals surface area (Å²) < 4.78 is 0. The van der Waals surface area contributed by atoms with Crippen LogP contribution < -0.4 is 5.32 Å². The molecule has 2 aliphatic rings. The minimum atomic E-state index is 0. The van der Waals surface area contributed by atoms with E-state index in [1.54, 1.807) is 5.57 Å². The molecule has 18 heavy (non-hydrogen) atoms. The first kappa shape index (κ1) is 13.6. The van der Waals surface area contributed by atoms with Crippen molar-refractivity contribution in [3.8, 4) is 0 Å². The van der Waals surface area contributed by atoms with E-state index in [0.29, 0.717) is 0 Å². The number of benzene rings is 1. The van der Waals surface area contributed by atoms with Crippen molar-refractivity contribution in [3.05, 3.63) is 41.5 Å². The van der Waals surface area contributed by atoms with Gasteiger partial charge in [-0.1, -0.05) is 30.3 Å². The van der Waals surface area contributed by atoms with E-state index >= 15 is 0 Å². The second-order valence-corrected chi connectivity index (χ2v) is 5.32. The summed E-state index contributed by atoms with van der Waals surface area (Å²) in [6.07, 6.45) is 8.98. The molecule has 2 heteroatoms. The van der Waals surface area contributed by atoms with Crippen molar-refractivity contribution in [1.82, 2.24) is 5.32 Å². The van der Waals surface area contributed by atoms with Crippen LogP contribution in [0.5, 0.6) is 0 Å². The van der Waals surface area contributed by atoms with Gasteiger partial charge in [-0.3, -0.25) is 0 Å². The standard InChI is InChI=1S/C16H21N.ClH/c1-2-4-16-14(3-1)7-8-15(16)6-5-13-9-11-17-12-10-13;/h1-4,8,13,17H,5-7,9-12H2;1H. The molecule has 98 valence electrons. The smallest absolute Gasteiger partial charge is 0.00463 e. The third-order valence-corrected chi connectivity index (χ3v) is 4.21. The highest BCUT2D eigenvalue weighted by atomic mass is 35.5. The van der Waals surface area contributed by atoms with E-state index < -0.39 is 0 Å². The maximum Gasteiger partial charge on any atom is -0.00463 e. The Kier molecular flexibility index (Phi) is 4.85. The molecule has 1 heterocycles. The summed E-state index contributed by atoms with van der Waals surface area (Å²) in [6, 6.07) is 8.88. The van der Waals surface area contributed by atoms with Gasteiger partial charge in [-0.25, -0.2) is 0 Å². The van der Waals surface area contributed by atoms with Crippen molar-refractivity contribution in [1.29, 1.82) is 0 Å². The topological polar surface area (TPSA) is 12.0 Å². The molecule has 1 aliphatic heterocycles. The molecule has 0 unspecified atom stereocenters. The highest BCUT2D eigenvalue weighted by molar-refractivity contribution is 5.85. The number of allylic oxidation sites excluding steroid dienone is 2. The molecule has 1 fully saturated rings. The van der Waals surface area contributed by atoms with Gasteiger partial charge in [0.05, 0.1) is 0 Å². The first-order chi connectivity index (χ1) is 8.43. The van der Waals surface area contributed by atoms with Crippen LogP contribution in [0, 0.1) is 5.92 Å². The van der Waals surface area contributed by atoms with Gasteiger partial charge in [0.1, 0.15) is 0 Å². The molecule has 0 radical (unpaired) electrons. The van der Waals surface area contributed by atoms with E-state index in [0.717, 1.165) is 12.3 Å². The van der Waals surface area contributed by atoms with E-state index in [1.807, 2.05) is 0 Å². The monoisotopic (exact) mass is 263 g/mol. The maximum absolute atomic E-state index is 3.44. The van der Waals surface area contributed by atoms with Crippen LogP contribution in [-0.4, -0.2) is 13.1 Å². The van der Waals surface area contributed by atoms with Crippen molar-refractivity contribution in [3.63, 3.8) is 0 Å². The fourth-order valence-corrected chi connectivity index (χ4v) is 3.12. The van der Waals surface area contributed by atoms with E-state index in [-0.39, 0.29) is 12.4 Å². The molecular formula is C16H22ClN. The van der Waals surface area contributed by atoms with Gasteiger partial charge in [-0.05, 0) is 67.8 Å². The Hall–Kier alpha value is -0.790. The third kappa shape index (κ3) is 2.96.